The summed E-state index contributed by atoms with van der Waals surface area (Å²) in [7, 11) is -2.54. The molecule has 0 aliphatic rings. The van der Waals surface area contributed by atoms with E-state index in [0.29, 0.717) is 12.2 Å². The number of nitrogens with two attached hydrogens (primary N) is 1. The number of imidazole rings is 1. The summed E-state index contributed by atoms with van der Waals surface area (Å²) in [6.45, 7) is 0. The van der Waals surface area contributed by atoms with Gasteiger partial charge in [-0.1, -0.05) is 12.1 Å². The summed E-state index contributed by atoms with van der Waals surface area (Å²) in [5.74, 6) is 1.22. The second-order valence-electron chi connectivity index (χ2n) is 6.35. The molecule has 3 rings (SSSR count). The third kappa shape index (κ3) is 4.89. The lowest BCUT2D eigenvalue weighted by atomic mass is 10.1. The molecule has 1 amide bonds. The summed E-state index contributed by atoms with van der Waals surface area (Å²) < 4.78 is 28.6. The van der Waals surface area contributed by atoms with Crippen LogP contribution in [0.5, 0.6) is 5.75 Å². The number of thioether (sulfide) groups is 1. The van der Waals surface area contributed by atoms with Gasteiger partial charge >= 0.3 is 0 Å². The number of aromatic amines is 1. The third-order valence-corrected chi connectivity index (χ3v) is 5.95. The quantitative estimate of drug-likeness (QED) is 0.500. The van der Waals surface area contributed by atoms with E-state index in [1.165, 1.54) is 25.3 Å². The molecule has 8 nitrogen and oxygen atoms in total. The van der Waals surface area contributed by atoms with Gasteiger partial charge in [0, 0.05) is 0 Å². The van der Waals surface area contributed by atoms with Crippen molar-refractivity contribution >= 4 is 38.7 Å². The van der Waals surface area contributed by atoms with E-state index in [0.717, 1.165) is 16.8 Å². The normalized spacial score (nSPS) is 12.7. The number of aromatic nitrogens is 2. The number of nitrogens with one attached hydrogen (secondary N) is 2. The Kier molecular flexibility index (Phi) is 6.46. The average molecular weight is 435 g/mol. The maximum atomic E-state index is 13.0. The standard InChI is InChI=1S/C19H22N4O4S2/c1-27-17-8-7-12(29(20,25)26)11-13(17)19(24)23-16(9-10-28-2)18-21-14-5-3-4-6-15(14)22-18/h3-8,11,16H,9-10H2,1-2H3,(H,21,22)(H,23,24)(H2,20,25,26). The first-order valence-electron chi connectivity index (χ1n) is 8.78. The summed E-state index contributed by atoms with van der Waals surface area (Å²) in [4.78, 5) is 20.7. The van der Waals surface area contributed by atoms with Gasteiger partial charge in [0.15, 0.2) is 0 Å². The summed E-state index contributed by atoms with van der Waals surface area (Å²) in [5, 5.41) is 8.14. The molecule has 1 unspecified atom stereocenters. The molecule has 4 N–H and O–H groups in total. The number of sulfonamides is 1. The van der Waals surface area contributed by atoms with Crippen LogP contribution in [0, 0.1) is 0 Å². The van der Waals surface area contributed by atoms with Gasteiger partial charge in [0.05, 0.1) is 34.6 Å². The molecule has 0 bridgehead atoms. The number of fused-ring (bicyclic) bond motifs is 1. The van der Waals surface area contributed by atoms with Crippen molar-refractivity contribution in [2.24, 2.45) is 5.14 Å². The first-order chi connectivity index (χ1) is 13.8. The van der Waals surface area contributed by atoms with E-state index in [9.17, 15) is 13.2 Å². The SMILES string of the molecule is COc1ccc(S(N)(=O)=O)cc1C(=O)NC(CCSC)c1nc2ccccc2[nH]1. The number of benzene rings is 2. The Balaban J connectivity index is 1.94. The molecule has 0 fully saturated rings. The lowest BCUT2D eigenvalue weighted by Crippen LogP contribution is -2.30. The zero-order valence-corrected chi connectivity index (χ0v) is 17.6. The Morgan fingerprint density at radius 3 is 2.72 bits per heavy atom. The number of methoxy groups -OCH3 is 1. The van der Waals surface area contributed by atoms with E-state index in [-0.39, 0.29) is 22.3 Å². The van der Waals surface area contributed by atoms with Crippen LogP contribution in [-0.2, 0) is 10.0 Å². The fourth-order valence-electron chi connectivity index (χ4n) is 2.93. The van der Waals surface area contributed by atoms with Crippen molar-refractivity contribution in [2.45, 2.75) is 17.4 Å². The molecule has 0 spiro atoms. The zero-order valence-electron chi connectivity index (χ0n) is 16.0. The summed E-state index contributed by atoms with van der Waals surface area (Å²) in [6.07, 6.45) is 2.63. The summed E-state index contributed by atoms with van der Waals surface area (Å²) in [6, 6.07) is 11.1. The number of H-pyrrole nitrogens is 1. The number of ether oxygens (including phenoxy) is 1. The molecular weight excluding hydrogens is 412 g/mol. The Bertz CT molecular complexity index is 1100. The van der Waals surface area contributed by atoms with E-state index in [4.69, 9.17) is 9.88 Å². The minimum absolute atomic E-state index is 0.0873. The second kappa shape index (κ2) is 8.85. The highest BCUT2D eigenvalue weighted by atomic mass is 32.2. The largest absolute Gasteiger partial charge is 0.496 e. The minimum atomic E-state index is -3.95. The van der Waals surface area contributed by atoms with Gasteiger partial charge in [0.25, 0.3) is 5.91 Å². The van der Waals surface area contributed by atoms with Gasteiger partial charge in [-0.2, -0.15) is 11.8 Å². The Labute approximate surface area is 173 Å². The van der Waals surface area contributed by atoms with Crippen LogP contribution in [0.4, 0.5) is 0 Å². The van der Waals surface area contributed by atoms with Gasteiger partial charge in [-0.15, -0.1) is 0 Å². The molecule has 154 valence electrons. The second-order valence-corrected chi connectivity index (χ2v) is 8.90. The van der Waals surface area contributed by atoms with Crippen molar-refractivity contribution in [2.75, 3.05) is 19.1 Å². The molecule has 1 heterocycles. The number of rotatable bonds is 8. The van der Waals surface area contributed by atoms with Gasteiger partial charge in [-0.3, -0.25) is 4.79 Å². The van der Waals surface area contributed by atoms with E-state index in [2.05, 4.69) is 15.3 Å². The Morgan fingerprint density at radius 2 is 2.07 bits per heavy atom. The molecule has 1 aromatic heterocycles. The third-order valence-electron chi connectivity index (χ3n) is 4.40. The molecule has 0 saturated heterocycles. The Hall–Kier alpha value is -2.56. The molecule has 0 radical (unpaired) electrons. The van der Waals surface area contributed by atoms with Crippen molar-refractivity contribution in [1.82, 2.24) is 15.3 Å². The van der Waals surface area contributed by atoms with Crippen molar-refractivity contribution in [3.63, 3.8) is 0 Å². The number of primary sulfonamides is 1. The zero-order chi connectivity index (χ0) is 21.0. The predicted molar refractivity (Wildman–Crippen MR) is 114 cm³/mol. The molecule has 1 atom stereocenters. The molecule has 29 heavy (non-hydrogen) atoms. The van der Waals surface area contributed by atoms with Gasteiger partial charge in [-0.25, -0.2) is 18.5 Å². The van der Waals surface area contributed by atoms with Crippen LogP contribution in [0.15, 0.2) is 47.4 Å². The van der Waals surface area contributed by atoms with Gasteiger partial charge < -0.3 is 15.0 Å². The van der Waals surface area contributed by atoms with E-state index in [1.807, 2.05) is 30.5 Å². The molecule has 0 saturated carbocycles. The highest BCUT2D eigenvalue weighted by molar-refractivity contribution is 7.98. The Morgan fingerprint density at radius 1 is 1.31 bits per heavy atom. The predicted octanol–water partition coefficient (Wildman–Crippen LogP) is 2.44. The molecule has 10 heteroatoms. The summed E-state index contributed by atoms with van der Waals surface area (Å²) in [5.41, 5.74) is 1.77. The smallest absolute Gasteiger partial charge is 0.255 e. The fraction of sp³-hybridized carbons (Fsp3) is 0.263. The monoisotopic (exact) mass is 434 g/mol. The molecule has 2 aromatic carbocycles. The maximum Gasteiger partial charge on any atom is 0.255 e. The van der Waals surface area contributed by atoms with Crippen molar-refractivity contribution in [3.8, 4) is 5.75 Å². The van der Waals surface area contributed by atoms with Crippen LogP contribution in [0.2, 0.25) is 0 Å². The number of carbonyl (C=O) groups excluding carboxylic acids is 1. The van der Waals surface area contributed by atoms with Crippen molar-refractivity contribution in [1.29, 1.82) is 0 Å². The molecule has 3 aromatic rings. The molecule has 0 aliphatic heterocycles. The van der Waals surface area contributed by atoms with Crippen LogP contribution >= 0.6 is 11.8 Å². The van der Waals surface area contributed by atoms with Crippen LogP contribution in [0.3, 0.4) is 0 Å². The lowest BCUT2D eigenvalue weighted by Gasteiger charge is -2.18. The van der Waals surface area contributed by atoms with E-state index < -0.39 is 15.9 Å². The van der Waals surface area contributed by atoms with E-state index >= 15 is 0 Å². The van der Waals surface area contributed by atoms with Gasteiger partial charge in [-0.05, 0) is 48.8 Å². The molecule has 0 aliphatic carbocycles. The van der Waals surface area contributed by atoms with Gasteiger partial charge in [0.1, 0.15) is 11.6 Å². The number of hydrogen-bond acceptors (Lipinski definition) is 6. The van der Waals surface area contributed by atoms with Crippen molar-refractivity contribution < 1.29 is 17.9 Å². The fourth-order valence-corrected chi connectivity index (χ4v) is 3.94. The number of para-hydroxylation sites is 2. The topological polar surface area (TPSA) is 127 Å². The van der Waals surface area contributed by atoms with Crippen LogP contribution < -0.4 is 15.2 Å². The number of hydrogen-bond donors (Lipinski definition) is 3. The number of carbonyl (C=O) groups is 1. The van der Waals surface area contributed by atoms with Gasteiger partial charge in [0.2, 0.25) is 10.0 Å². The first-order valence-corrected chi connectivity index (χ1v) is 11.7. The number of amides is 1. The van der Waals surface area contributed by atoms with Crippen LogP contribution in [0.25, 0.3) is 11.0 Å². The number of nitrogens with zero attached hydrogens (tertiary/aromatic N) is 1. The minimum Gasteiger partial charge on any atom is -0.496 e. The van der Waals surface area contributed by atoms with Crippen LogP contribution in [-0.4, -0.2) is 43.4 Å². The maximum absolute atomic E-state index is 13.0. The lowest BCUT2D eigenvalue weighted by molar-refractivity contribution is 0.0931. The highest BCUT2D eigenvalue weighted by Gasteiger charge is 2.22. The average Bonchev–Trinajstić information content (AvgIpc) is 3.13. The van der Waals surface area contributed by atoms with E-state index in [1.54, 1.807) is 11.8 Å². The molecular formula is C19H22N4O4S2. The summed E-state index contributed by atoms with van der Waals surface area (Å²) >= 11 is 1.65. The first kappa shape index (κ1) is 21.2. The van der Waals surface area contributed by atoms with Crippen LogP contribution in [0.1, 0.15) is 28.6 Å². The highest BCUT2D eigenvalue weighted by Crippen LogP contribution is 2.25. The van der Waals surface area contributed by atoms with Crippen molar-refractivity contribution in [3.05, 3.63) is 53.9 Å².